The molecule has 1 heterocycles. The monoisotopic (exact) mass is 402 g/mol. The van der Waals surface area contributed by atoms with Crippen LogP contribution >= 0.6 is 39.1 Å². The molecule has 22 heavy (non-hydrogen) atoms. The number of imidazole rings is 1. The van der Waals surface area contributed by atoms with Crippen LogP contribution in [0.3, 0.4) is 0 Å². The molecule has 0 atom stereocenters. The number of ether oxygens (including phenoxy) is 1. The van der Waals surface area contributed by atoms with Crippen LogP contribution in [-0.2, 0) is 16.1 Å². The third-order valence-corrected chi connectivity index (χ3v) is 4.20. The van der Waals surface area contributed by atoms with Gasteiger partial charge in [-0.1, -0.05) is 45.2 Å². The molecule has 0 radical (unpaired) electrons. The molecule has 0 amide bonds. The summed E-state index contributed by atoms with van der Waals surface area (Å²) >= 11 is 15.8. The van der Waals surface area contributed by atoms with Crippen LogP contribution in [-0.4, -0.2) is 22.6 Å². The molecule has 116 valence electrons. The van der Waals surface area contributed by atoms with Crippen LogP contribution in [0.2, 0.25) is 10.2 Å². The first-order valence-corrected chi connectivity index (χ1v) is 7.90. The van der Waals surface area contributed by atoms with Crippen molar-refractivity contribution in [2.24, 2.45) is 0 Å². The van der Waals surface area contributed by atoms with E-state index in [9.17, 15) is 4.79 Å². The molecular weight excluding hydrogens is 391 g/mol. The highest BCUT2D eigenvalue weighted by atomic mass is 79.9. The maximum absolute atomic E-state index is 11.3. The second-order valence-corrected chi connectivity index (χ2v) is 6.19. The fourth-order valence-electron chi connectivity index (χ4n) is 1.94. The number of carbonyl (C=O) groups excluding carboxylic acids is 1. The molecule has 0 saturated carbocycles. The fraction of sp³-hybridized carbons (Fsp3) is 0.200. The molecule has 0 aliphatic carbocycles. The van der Waals surface area contributed by atoms with Crippen LogP contribution in [0.25, 0.3) is 6.08 Å². The van der Waals surface area contributed by atoms with Gasteiger partial charge in [-0.05, 0) is 30.7 Å². The Balaban J connectivity index is 2.38. The number of aryl methyl sites for hydroxylation is 1. The van der Waals surface area contributed by atoms with Crippen molar-refractivity contribution in [1.29, 1.82) is 0 Å². The molecule has 4 nitrogen and oxygen atoms in total. The Hall–Kier alpha value is -1.30. The predicted octanol–water partition coefficient (Wildman–Crippen LogP) is 4.50. The summed E-state index contributed by atoms with van der Waals surface area (Å²) in [6, 6.07) is 5.67. The van der Waals surface area contributed by atoms with Gasteiger partial charge in [-0.2, -0.15) is 0 Å². The number of rotatable bonds is 4. The quantitative estimate of drug-likeness (QED) is 0.557. The molecule has 0 aliphatic heterocycles. The van der Waals surface area contributed by atoms with E-state index in [-0.39, 0.29) is 0 Å². The van der Waals surface area contributed by atoms with E-state index in [2.05, 4.69) is 25.7 Å². The number of methoxy groups -OCH3 is 1. The van der Waals surface area contributed by atoms with Crippen LogP contribution in [0.1, 0.15) is 17.1 Å². The highest BCUT2D eigenvalue weighted by Gasteiger charge is 2.13. The van der Waals surface area contributed by atoms with E-state index in [1.807, 2.05) is 29.7 Å². The molecule has 7 heteroatoms. The maximum atomic E-state index is 11.3. The summed E-state index contributed by atoms with van der Waals surface area (Å²) in [5, 5.41) is 0.965. The van der Waals surface area contributed by atoms with Crippen LogP contribution in [0, 0.1) is 6.92 Å². The lowest BCUT2D eigenvalue weighted by atomic mass is 10.2. The van der Waals surface area contributed by atoms with Crippen molar-refractivity contribution in [3.63, 3.8) is 0 Å². The van der Waals surface area contributed by atoms with Gasteiger partial charge in [0.1, 0.15) is 5.82 Å². The number of nitrogens with zero attached hydrogens (tertiary/aromatic N) is 2. The zero-order valence-corrected chi connectivity index (χ0v) is 15.0. The van der Waals surface area contributed by atoms with Crippen LogP contribution in [0.4, 0.5) is 0 Å². The lowest BCUT2D eigenvalue weighted by molar-refractivity contribution is -0.134. The zero-order chi connectivity index (χ0) is 16.3. The van der Waals surface area contributed by atoms with Gasteiger partial charge in [-0.25, -0.2) is 9.78 Å². The van der Waals surface area contributed by atoms with E-state index < -0.39 is 5.97 Å². The van der Waals surface area contributed by atoms with Crippen LogP contribution < -0.4 is 0 Å². The van der Waals surface area contributed by atoms with Gasteiger partial charge in [0, 0.05) is 15.6 Å². The van der Waals surface area contributed by atoms with Gasteiger partial charge in [0.2, 0.25) is 0 Å². The van der Waals surface area contributed by atoms with Crippen molar-refractivity contribution in [2.75, 3.05) is 7.11 Å². The third kappa shape index (κ3) is 3.91. The zero-order valence-electron chi connectivity index (χ0n) is 11.9. The molecule has 2 aromatic rings. The van der Waals surface area contributed by atoms with Gasteiger partial charge in [0.15, 0.2) is 5.15 Å². The highest BCUT2D eigenvalue weighted by Crippen LogP contribution is 2.25. The van der Waals surface area contributed by atoms with Crippen molar-refractivity contribution < 1.29 is 9.53 Å². The molecule has 1 aromatic heterocycles. The Morgan fingerprint density at radius 1 is 1.45 bits per heavy atom. The first kappa shape index (κ1) is 17.1. The average Bonchev–Trinajstić information content (AvgIpc) is 2.73. The largest absolute Gasteiger partial charge is 0.466 e. The van der Waals surface area contributed by atoms with Gasteiger partial charge in [0.05, 0.1) is 19.3 Å². The van der Waals surface area contributed by atoms with Crippen molar-refractivity contribution in [3.8, 4) is 0 Å². The molecule has 1 aromatic carbocycles. The van der Waals surface area contributed by atoms with Crippen molar-refractivity contribution >= 4 is 51.2 Å². The summed E-state index contributed by atoms with van der Waals surface area (Å²) in [6.07, 6.45) is 2.89. The second-order valence-electron chi connectivity index (χ2n) is 4.51. The Kier molecular flexibility index (Phi) is 5.67. The summed E-state index contributed by atoms with van der Waals surface area (Å²) in [5.41, 5.74) is 1.55. The molecule has 0 N–H and O–H groups in total. The summed E-state index contributed by atoms with van der Waals surface area (Å²) in [5.74, 6) is 0.275. The smallest absolute Gasteiger partial charge is 0.330 e. The van der Waals surface area contributed by atoms with Gasteiger partial charge >= 0.3 is 5.97 Å². The van der Waals surface area contributed by atoms with E-state index >= 15 is 0 Å². The molecule has 0 fully saturated rings. The molecule has 0 unspecified atom stereocenters. The number of aromatic nitrogens is 2. The van der Waals surface area contributed by atoms with E-state index in [1.165, 1.54) is 13.2 Å². The number of hydrogen-bond acceptors (Lipinski definition) is 3. The summed E-state index contributed by atoms with van der Waals surface area (Å²) in [4.78, 5) is 15.5. The first-order chi connectivity index (χ1) is 10.4. The number of benzene rings is 1. The highest BCUT2D eigenvalue weighted by molar-refractivity contribution is 9.10. The molecular formula is C15H13BrCl2N2O2. The van der Waals surface area contributed by atoms with Crippen molar-refractivity contribution in [1.82, 2.24) is 9.55 Å². The van der Waals surface area contributed by atoms with Gasteiger partial charge in [-0.15, -0.1) is 0 Å². The lowest BCUT2D eigenvalue weighted by Gasteiger charge is -2.10. The molecule has 0 aliphatic rings. The van der Waals surface area contributed by atoms with Crippen molar-refractivity contribution in [3.05, 3.63) is 56.0 Å². The third-order valence-electron chi connectivity index (χ3n) is 3.07. The minimum Gasteiger partial charge on any atom is -0.466 e. The van der Waals surface area contributed by atoms with Crippen LogP contribution in [0.15, 0.2) is 28.7 Å². The molecule has 2 rings (SSSR count). The van der Waals surface area contributed by atoms with Crippen LogP contribution in [0.5, 0.6) is 0 Å². The van der Waals surface area contributed by atoms with Gasteiger partial charge < -0.3 is 9.30 Å². The number of esters is 1. The Morgan fingerprint density at radius 3 is 2.82 bits per heavy atom. The average molecular weight is 404 g/mol. The van der Waals surface area contributed by atoms with E-state index in [4.69, 9.17) is 23.2 Å². The lowest BCUT2D eigenvalue weighted by Crippen LogP contribution is -2.05. The molecule has 0 bridgehead atoms. The Morgan fingerprint density at radius 2 is 2.18 bits per heavy atom. The van der Waals surface area contributed by atoms with Gasteiger partial charge in [-0.3, -0.25) is 0 Å². The first-order valence-electron chi connectivity index (χ1n) is 6.35. The number of halogens is 3. The SMILES string of the molecule is COC(=O)/C=C/c1c(Cl)nc(C)n1Cc1ccc(Br)cc1Cl. The molecule has 0 saturated heterocycles. The Bertz CT molecular complexity index is 741. The predicted molar refractivity (Wildman–Crippen MR) is 91.3 cm³/mol. The summed E-state index contributed by atoms with van der Waals surface area (Å²) in [7, 11) is 1.32. The fourth-order valence-corrected chi connectivity index (χ4v) is 2.96. The van der Waals surface area contributed by atoms with E-state index in [0.717, 1.165) is 15.9 Å². The van der Waals surface area contributed by atoms with Gasteiger partial charge in [0.25, 0.3) is 0 Å². The minimum atomic E-state index is -0.455. The maximum Gasteiger partial charge on any atom is 0.330 e. The normalized spacial score (nSPS) is 11.1. The minimum absolute atomic E-state index is 0.325. The topological polar surface area (TPSA) is 44.1 Å². The Labute approximate surface area is 146 Å². The summed E-state index contributed by atoms with van der Waals surface area (Å²) < 4.78 is 7.38. The van der Waals surface area contributed by atoms with E-state index in [0.29, 0.717) is 22.4 Å². The second kappa shape index (κ2) is 7.31. The standard InChI is InChI=1S/C15H13BrCl2N2O2/c1-9-19-15(18)13(5-6-14(21)22-2)20(9)8-10-3-4-11(16)7-12(10)17/h3-7H,8H2,1-2H3/b6-5+. The van der Waals surface area contributed by atoms with E-state index in [1.54, 1.807) is 6.08 Å². The van der Waals surface area contributed by atoms with Crippen molar-refractivity contribution in [2.45, 2.75) is 13.5 Å². The number of hydrogen-bond donors (Lipinski definition) is 0. The molecule has 0 spiro atoms. The number of carbonyl (C=O) groups is 1. The summed E-state index contributed by atoms with van der Waals surface area (Å²) in [6.45, 7) is 2.34.